The third kappa shape index (κ3) is 3.47. The lowest BCUT2D eigenvalue weighted by Gasteiger charge is -2.12. The molecule has 104 valence electrons. The lowest BCUT2D eigenvalue weighted by molar-refractivity contribution is 0.0955. The van der Waals surface area contributed by atoms with Gasteiger partial charge in [0.2, 0.25) is 0 Å². The Morgan fingerprint density at radius 2 is 2.15 bits per heavy atom. The molecule has 1 heterocycles. The SMILES string of the molecule is CN(C)c1cccc(C(=O)N/N=C\c2ccn(C)c2)c1. The first-order valence-corrected chi connectivity index (χ1v) is 6.29. The van der Waals surface area contributed by atoms with E-state index in [0.29, 0.717) is 5.56 Å². The average Bonchev–Trinajstić information content (AvgIpc) is 2.84. The van der Waals surface area contributed by atoms with E-state index >= 15 is 0 Å². The first-order valence-electron chi connectivity index (χ1n) is 6.29. The second-order valence-corrected chi connectivity index (χ2v) is 4.75. The Bertz CT molecular complexity index is 628. The molecule has 0 fully saturated rings. The summed E-state index contributed by atoms with van der Waals surface area (Å²) in [7, 11) is 5.80. The molecule has 0 bridgehead atoms. The van der Waals surface area contributed by atoms with Gasteiger partial charge < -0.3 is 9.47 Å². The summed E-state index contributed by atoms with van der Waals surface area (Å²) >= 11 is 0. The number of hydrogen-bond donors (Lipinski definition) is 1. The highest BCUT2D eigenvalue weighted by molar-refractivity contribution is 5.95. The van der Waals surface area contributed by atoms with Crippen LogP contribution < -0.4 is 10.3 Å². The number of rotatable bonds is 4. The van der Waals surface area contributed by atoms with E-state index in [1.807, 2.05) is 67.3 Å². The van der Waals surface area contributed by atoms with Gasteiger partial charge >= 0.3 is 0 Å². The van der Waals surface area contributed by atoms with Crippen LogP contribution in [-0.4, -0.2) is 30.8 Å². The molecule has 20 heavy (non-hydrogen) atoms. The standard InChI is InChI=1S/C15H18N4O/c1-18(2)14-6-4-5-13(9-14)15(20)17-16-10-12-7-8-19(3)11-12/h4-11H,1-3H3,(H,17,20)/b16-10-. The molecule has 0 radical (unpaired) electrons. The molecule has 1 amide bonds. The van der Waals surface area contributed by atoms with E-state index in [1.54, 1.807) is 12.3 Å². The van der Waals surface area contributed by atoms with Gasteiger partial charge in [-0.15, -0.1) is 0 Å². The molecular formula is C15H18N4O. The molecule has 1 N–H and O–H groups in total. The fourth-order valence-corrected chi connectivity index (χ4v) is 1.76. The maximum Gasteiger partial charge on any atom is 0.271 e. The molecular weight excluding hydrogens is 252 g/mol. The fourth-order valence-electron chi connectivity index (χ4n) is 1.76. The van der Waals surface area contributed by atoms with Gasteiger partial charge in [0, 0.05) is 50.4 Å². The van der Waals surface area contributed by atoms with E-state index in [0.717, 1.165) is 11.3 Å². The Kier molecular flexibility index (Phi) is 4.20. The fraction of sp³-hybridized carbons (Fsp3) is 0.200. The van der Waals surface area contributed by atoms with Crippen molar-refractivity contribution >= 4 is 17.8 Å². The summed E-state index contributed by atoms with van der Waals surface area (Å²) in [4.78, 5) is 13.9. The van der Waals surface area contributed by atoms with Gasteiger partial charge in [-0.25, -0.2) is 5.43 Å². The van der Waals surface area contributed by atoms with Gasteiger partial charge in [0.25, 0.3) is 5.91 Å². The quantitative estimate of drug-likeness (QED) is 0.681. The van der Waals surface area contributed by atoms with Crippen LogP contribution in [0.4, 0.5) is 5.69 Å². The van der Waals surface area contributed by atoms with Crippen LogP contribution in [0.1, 0.15) is 15.9 Å². The van der Waals surface area contributed by atoms with Gasteiger partial charge in [0.05, 0.1) is 6.21 Å². The van der Waals surface area contributed by atoms with E-state index < -0.39 is 0 Å². The van der Waals surface area contributed by atoms with Crippen LogP contribution >= 0.6 is 0 Å². The normalized spacial score (nSPS) is 10.8. The molecule has 1 aromatic carbocycles. The molecule has 0 spiro atoms. The van der Waals surface area contributed by atoms with Crippen molar-refractivity contribution in [1.29, 1.82) is 0 Å². The average molecular weight is 270 g/mol. The van der Waals surface area contributed by atoms with Crippen LogP contribution in [0.25, 0.3) is 0 Å². The Labute approximate surface area is 118 Å². The van der Waals surface area contributed by atoms with Crippen LogP contribution in [0.3, 0.4) is 0 Å². The minimum atomic E-state index is -0.221. The van der Waals surface area contributed by atoms with Gasteiger partial charge in [0.15, 0.2) is 0 Å². The van der Waals surface area contributed by atoms with Crippen LogP contribution in [0.15, 0.2) is 47.8 Å². The predicted molar refractivity (Wildman–Crippen MR) is 81.2 cm³/mol. The van der Waals surface area contributed by atoms with Crippen molar-refractivity contribution in [2.45, 2.75) is 0 Å². The number of nitrogens with one attached hydrogen (secondary N) is 1. The minimum absolute atomic E-state index is 0.221. The van der Waals surface area contributed by atoms with Gasteiger partial charge in [-0.3, -0.25) is 4.79 Å². The summed E-state index contributed by atoms with van der Waals surface area (Å²) in [6.07, 6.45) is 5.46. The first-order chi connectivity index (χ1) is 9.56. The lowest BCUT2D eigenvalue weighted by atomic mass is 10.2. The monoisotopic (exact) mass is 270 g/mol. The Balaban J connectivity index is 2.01. The molecule has 0 aliphatic carbocycles. The maximum absolute atomic E-state index is 12.0. The predicted octanol–water partition coefficient (Wildman–Crippen LogP) is 1.85. The summed E-state index contributed by atoms with van der Waals surface area (Å²) in [5.41, 5.74) is 5.03. The van der Waals surface area contributed by atoms with Gasteiger partial charge in [-0.1, -0.05) is 6.07 Å². The van der Waals surface area contributed by atoms with Gasteiger partial charge in [-0.05, 0) is 24.3 Å². The molecule has 0 saturated heterocycles. The molecule has 1 aromatic heterocycles. The first kappa shape index (κ1) is 13.9. The number of carbonyl (C=O) groups excluding carboxylic acids is 1. The Morgan fingerprint density at radius 3 is 2.80 bits per heavy atom. The number of benzene rings is 1. The number of aromatic nitrogens is 1. The summed E-state index contributed by atoms with van der Waals surface area (Å²) in [5, 5.41) is 3.95. The van der Waals surface area contributed by atoms with Crippen LogP contribution in [0.2, 0.25) is 0 Å². The van der Waals surface area contributed by atoms with Gasteiger partial charge in [-0.2, -0.15) is 5.10 Å². The van der Waals surface area contributed by atoms with Crippen molar-refractivity contribution < 1.29 is 4.79 Å². The molecule has 2 aromatic rings. The largest absolute Gasteiger partial charge is 0.378 e. The van der Waals surface area contributed by atoms with Crippen LogP contribution in [0.5, 0.6) is 0 Å². The lowest BCUT2D eigenvalue weighted by Crippen LogP contribution is -2.18. The number of anilines is 1. The van der Waals surface area contributed by atoms with Crippen LogP contribution in [-0.2, 0) is 7.05 Å². The molecule has 5 nitrogen and oxygen atoms in total. The highest BCUT2D eigenvalue weighted by atomic mass is 16.2. The number of hydrazone groups is 1. The van der Waals surface area contributed by atoms with E-state index in [2.05, 4.69) is 10.5 Å². The van der Waals surface area contributed by atoms with Crippen LogP contribution in [0, 0.1) is 0 Å². The van der Waals surface area contributed by atoms with E-state index in [1.165, 1.54) is 0 Å². The number of hydrogen-bond acceptors (Lipinski definition) is 3. The Morgan fingerprint density at radius 1 is 1.35 bits per heavy atom. The van der Waals surface area contributed by atoms with Crippen molar-refractivity contribution in [3.05, 3.63) is 53.9 Å². The van der Waals surface area contributed by atoms with E-state index in [4.69, 9.17) is 0 Å². The minimum Gasteiger partial charge on any atom is -0.378 e. The third-order valence-corrected chi connectivity index (χ3v) is 2.86. The van der Waals surface area contributed by atoms with Gasteiger partial charge in [0.1, 0.15) is 0 Å². The second kappa shape index (κ2) is 6.06. The molecule has 5 heteroatoms. The number of carbonyl (C=O) groups is 1. The highest BCUT2D eigenvalue weighted by Crippen LogP contribution is 2.13. The number of nitrogens with zero attached hydrogens (tertiary/aromatic N) is 3. The van der Waals surface area contributed by atoms with Crippen molar-refractivity contribution in [3.63, 3.8) is 0 Å². The third-order valence-electron chi connectivity index (χ3n) is 2.86. The van der Waals surface area contributed by atoms with E-state index in [-0.39, 0.29) is 5.91 Å². The molecule has 0 aliphatic heterocycles. The zero-order valence-electron chi connectivity index (χ0n) is 11.9. The van der Waals surface area contributed by atoms with E-state index in [9.17, 15) is 4.79 Å². The molecule has 0 atom stereocenters. The Hall–Kier alpha value is -2.56. The maximum atomic E-state index is 12.0. The molecule has 0 unspecified atom stereocenters. The summed E-state index contributed by atoms with van der Waals surface area (Å²) in [5.74, 6) is -0.221. The number of amides is 1. The molecule has 0 aliphatic rings. The summed E-state index contributed by atoms with van der Waals surface area (Å²) in [6.45, 7) is 0. The zero-order chi connectivity index (χ0) is 14.5. The van der Waals surface area contributed by atoms with Crippen molar-refractivity contribution in [2.24, 2.45) is 12.1 Å². The molecule has 0 saturated carbocycles. The summed E-state index contributed by atoms with van der Waals surface area (Å²) in [6, 6.07) is 9.31. The number of aryl methyl sites for hydroxylation is 1. The van der Waals surface area contributed by atoms with Crippen molar-refractivity contribution in [3.8, 4) is 0 Å². The second-order valence-electron chi connectivity index (χ2n) is 4.75. The highest BCUT2D eigenvalue weighted by Gasteiger charge is 2.05. The zero-order valence-corrected chi connectivity index (χ0v) is 11.9. The van der Waals surface area contributed by atoms with Crippen molar-refractivity contribution in [2.75, 3.05) is 19.0 Å². The summed E-state index contributed by atoms with van der Waals surface area (Å²) < 4.78 is 1.92. The van der Waals surface area contributed by atoms with Crippen molar-refractivity contribution in [1.82, 2.24) is 9.99 Å². The topological polar surface area (TPSA) is 49.6 Å². The molecule has 2 rings (SSSR count). The smallest absolute Gasteiger partial charge is 0.271 e.